The first-order valence-corrected chi connectivity index (χ1v) is 10.4. The Morgan fingerprint density at radius 3 is 2.30 bits per heavy atom. The third kappa shape index (κ3) is 4.26. The van der Waals surface area contributed by atoms with Crippen LogP contribution >= 0.6 is 11.6 Å². The minimum atomic E-state index is -3.74. The van der Waals surface area contributed by atoms with Crippen LogP contribution in [0.25, 0.3) is 0 Å². The lowest BCUT2D eigenvalue weighted by atomic mass is 10.1. The normalized spacial score (nSPS) is 15.6. The van der Waals surface area contributed by atoms with Gasteiger partial charge in [-0.25, -0.2) is 8.42 Å². The molecule has 0 bridgehead atoms. The van der Waals surface area contributed by atoms with Crippen LogP contribution in [-0.2, 0) is 10.0 Å². The molecule has 8 heteroatoms. The van der Waals surface area contributed by atoms with Crippen LogP contribution in [0.5, 0.6) is 0 Å². The van der Waals surface area contributed by atoms with Gasteiger partial charge in [-0.15, -0.1) is 0 Å². The number of hydrogen-bond acceptors (Lipinski definition) is 4. The van der Waals surface area contributed by atoms with E-state index in [0.717, 1.165) is 13.1 Å². The number of piperazine rings is 1. The van der Waals surface area contributed by atoms with Gasteiger partial charge in [0, 0.05) is 43.8 Å². The number of anilines is 1. The maximum Gasteiger partial charge on any atom is 0.264 e. The monoisotopic (exact) mass is 407 g/mol. The number of halogens is 1. The number of carbonyl (C=O) groups is 1. The highest BCUT2D eigenvalue weighted by Gasteiger charge is 2.24. The molecule has 0 aromatic heterocycles. The Kier molecular flexibility index (Phi) is 5.74. The molecule has 1 aliphatic heterocycles. The van der Waals surface area contributed by atoms with Crippen molar-refractivity contribution in [2.24, 2.45) is 0 Å². The SMILES string of the molecule is CN1CCN(C(=O)c2cccc(N(C)S(=O)(=O)c3ccc(Cl)cc3)c2)CC1. The zero-order valence-electron chi connectivity index (χ0n) is 15.3. The predicted octanol–water partition coefficient (Wildman–Crippen LogP) is 2.55. The first-order chi connectivity index (χ1) is 12.8. The van der Waals surface area contributed by atoms with Gasteiger partial charge in [0.15, 0.2) is 0 Å². The van der Waals surface area contributed by atoms with Crippen molar-refractivity contribution in [3.63, 3.8) is 0 Å². The van der Waals surface area contributed by atoms with Gasteiger partial charge >= 0.3 is 0 Å². The molecule has 3 rings (SSSR count). The van der Waals surface area contributed by atoms with Crippen molar-refractivity contribution in [1.29, 1.82) is 0 Å². The van der Waals surface area contributed by atoms with E-state index in [2.05, 4.69) is 4.90 Å². The fourth-order valence-corrected chi connectivity index (χ4v) is 4.24. The number of amides is 1. The summed E-state index contributed by atoms with van der Waals surface area (Å²) in [5.41, 5.74) is 0.917. The molecule has 0 radical (unpaired) electrons. The van der Waals surface area contributed by atoms with Crippen molar-refractivity contribution in [3.05, 3.63) is 59.1 Å². The van der Waals surface area contributed by atoms with Crippen molar-refractivity contribution >= 4 is 33.2 Å². The number of nitrogens with zero attached hydrogens (tertiary/aromatic N) is 3. The number of rotatable bonds is 4. The van der Waals surface area contributed by atoms with E-state index in [1.165, 1.54) is 35.6 Å². The molecule has 0 spiro atoms. The zero-order chi connectivity index (χ0) is 19.6. The highest BCUT2D eigenvalue weighted by atomic mass is 35.5. The molecule has 27 heavy (non-hydrogen) atoms. The quantitative estimate of drug-likeness (QED) is 0.781. The summed E-state index contributed by atoms with van der Waals surface area (Å²) in [6.45, 7) is 2.99. The molecule has 0 aliphatic carbocycles. The van der Waals surface area contributed by atoms with Crippen LogP contribution in [0.4, 0.5) is 5.69 Å². The maximum absolute atomic E-state index is 12.8. The second kappa shape index (κ2) is 7.88. The molecule has 2 aromatic carbocycles. The van der Waals surface area contributed by atoms with Crippen LogP contribution in [0.15, 0.2) is 53.4 Å². The van der Waals surface area contributed by atoms with Gasteiger partial charge in [-0.3, -0.25) is 9.10 Å². The minimum absolute atomic E-state index is 0.0813. The van der Waals surface area contributed by atoms with Gasteiger partial charge in [-0.05, 0) is 49.5 Å². The molecule has 2 aromatic rings. The number of likely N-dealkylation sites (N-methyl/N-ethyl adjacent to an activating group) is 1. The van der Waals surface area contributed by atoms with Gasteiger partial charge < -0.3 is 9.80 Å². The van der Waals surface area contributed by atoms with E-state index in [1.54, 1.807) is 29.2 Å². The summed E-state index contributed by atoms with van der Waals surface area (Å²) in [7, 11) is -0.238. The number of benzene rings is 2. The van der Waals surface area contributed by atoms with Crippen molar-refractivity contribution < 1.29 is 13.2 Å². The van der Waals surface area contributed by atoms with E-state index in [0.29, 0.717) is 29.4 Å². The van der Waals surface area contributed by atoms with Crippen LogP contribution in [0, 0.1) is 0 Å². The number of hydrogen-bond donors (Lipinski definition) is 0. The number of sulfonamides is 1. The second-order valence-corrected chi connectivity index (χ2v) is 8.98. The molecule has 1 heterocycles. The van der Waals surface area contributed by atoms with E-state index in [4.69, 9.17) is 11.6 Å². The Hall–Kier alpha value is -2.09. The molecule has 0 N–H and O–H groups in total. The van der Waals surface area contributed by atoms with E-state index >= 15 is 0 Å². The lowest BCUT2D eigenvalue weighted by Crippen LogP contribution is -2.47. The van der Waals surface area contributed by atoms with Crippen molar-refractivity contribution in [2.45, 2.75) is 4.90 Å². The fourth-order valence-electron chi connectivity index (χ4n) is 2.93. The summed E-state index contributed by atoms with van der Waals surface area (Å²) in [4.78, 5) is 16.9. The molecule has 1 saturated heterocycles. The third-order valence-electron chi connectivity index (χ3n) is 4.72. The molecule has 0 atom stereocenters. The highest BCUT2D eigenvalue weighted by molar-refractivity contribution is 7.92. The third-order valence-corrected chi connectivity index (χ3v) is 6.77. The van der Waals surface area contributed by atoms with Gasteiger partial charge in [-0.2, -0.15) is 0 Å². The predicted molar refractivity (Wildman–Crippen MR) is 107 cm³/mol. The van der Waals surface area contributed by atoms with Gasteiger partial charge in [0.1, 0.15) is 0 Å². The number of carbonyl (C=O) groups excluding carboxylic acids is 1. The Balaban J connectivity index is 1.84. The lowest BCUT2D eigenvalue weighted by Gasteiger charge is -2.32. The Morgan fingerprint density at radius 1 is 1.04 bits per heavy atom. The van der Waals surface area contributed by atoms with Crippen molar-refractivity contribution in [2.75, 3.05) is 44.6 Å². The summed E-state index contributed by atoms with van der Waals surface area (Å²) >= 11 is 5.84. The summed E-state index contributed by atoms with van der Waals surface area (Å²) in [5, 5.41) is 0.469. The van der Waals surface area contributed by atoms with Crippen molar-refractivity contribution in [1.82, 2.24) is 9.80 Å². The average Bonchev–Trinajstić information content (AvgIpc) is 2.68. The summed E-state index contributed by atoms with van der Waals surface area (Å²) < 4.78 is 26.9. The van der Waals surface area contributed by atoms with Gasteiger partial charge in [-0.1, -0.05) is 17.7 Å². The minimum Gasteiger partial charge on any atom is -0.336 e. The Labute approximate surface area is 165 Å². The molecular weight excluding hydrogens is 386 g/mol. The molecule has 1 aliphatic rings. The smallest absolute Gasteiger partial charge is 0.264 e. The van der Waals surface area contributed by atoms with Crippen molar-refractivity contribution in [3.8, 4) is 0 Å². The van der Waals surface area contributed by atoms with Crippen LogP contribution in [0.2, 0.25) is 5.02 Å². The standard InChI is InChI=1S/C19H22ClN3O3S/c1-21-10-12-23(13-11-21)19(24)15-4-3-5-17(14-15)22(2)27(25,26)18-8-6-16(20)7-9-18/h3-9,14H,10-13H2,1-2H3. The molecule has 0 saturated carbocycles. The van der Waals surface area contributed by atoms with Gasteiger partial charge in [0.25, 0.3) is 15.9 Å². The maximum atomic E-state index is 12.8. The first-order valence-electron chi connectivity index (χ1n) is 8.61. The lowest BCUT2D eigenvalue weighted by molar-refractivity contribution is 0.0664. The van der Waals surface area contributed by atoms with Gasteiger partial charge in [0.05, 0.1) is 10.6 Å². The molecule has 6 nitrogen and oxygen atoms in total. The van der Waals surface area contributed by atoms with Crippen LogP contribution < -0.4 is 4.31 Å². The topological polar surface area (TPSA) is 60.9 Å². The first kappa shape index (κ1) is 19.7. The largest absolute Gasteiger partial charge is 0.336 e. The Bertz CT molecular complexity index is 923. The van der Waals surface area contributed by atoms with Crippen LogP contribution in [0.3, 0.4) is 0 Å². The van der Waals surface area contributed by atoms with E-state index in [9.17, 15) is 13.2 Å². The molecular formula is C19H22ClN3O3S. The molecule has 1 fully saturated rings. The molecule has 144 valence electrons. The average molecular weight is 408 g/mol. The fraction of sp³-hybridized carbons (Fsp3) is 0.316. The van der Waals surface area contributed by atoms with Crippen LogP contribution in [-0.4, -0.2) is 64.4 Å². The second-order valence-electron chi connectivity index (χ2n) is 6.57. The highest BCUT2D eigenvalue weighted by Crippen LogP contribution is 2.24. The van der Waals surface area contributed by atoms with Gasteiger partial charge in [0.2, 0.25) is 0 Å². The molecule has 0 unspecified atom stereocenters. The summed E-state index contributed by atoms with van der Waals surface area (Å²) in [6.07, 6.45) is 0. The Morgan fingerprint density at radius 2 is 1.67 bits per heavy atom. The summed E-state index contributed by atoms with van der Waals surface area (Å²) in [5.74, 6) is -0.0813. The summed E-state index contributed by atoms with van der Waals surface area (Å²) in [6, 6.07) is 12.7. The zero-order valence-corrected chi connectivity index (χ0v) is 16.9. The van der Waals surface area contributed by atoms with Crippen LogP contribution in [0.1, 0.15) is 10.4 Å². The van der Waals surface area contributed by atoms with E-state index in [1.807, 2.05) is 7.05 Å². The molecule has 1 amide bonds. The van der Waals surface area contributed by atoms with E-state index < -0.39 is 10.0 Å². The van der Waals surface area contributed by atoms with E-state index in [-0.39, 0.29) is 10.8 Å².